The molecule has 2 N–H and O–H groups in total. The highest BCUT2D eigenvalue weighted by Crippen LogP contribution is 2.30. The average molecular weight is 375 g/mol. The number of para-hydroxylation sites is 1. The zero-order valence-corrected chi connectivity index (χ0v) is 15.3. The van der Waals surface area contributed by atoms with Crippen molar-refractivity contribution in [2.24, 2.45) is 0 Å². The average Bonchev–Trinajstić information content (AvgIpc) is 2.70. The highest BCUT2D eigenvalue weighted by Gasteiger charge is 2.17. The van der Waals surface area contributed by atoms with Gasteiger partial charge in [-0.15, -0.1) is 0 Å². The molecule has 2 aromatic rings. The molecule has 0 aliphatic carbocycles. The lowest BCUT2D eigenvalue weighted by molar-refractivity contribution is -0.124. The van der Waals surface area contributed by atoms with Gasteiger partial charge in [-0.3, -0.25) is 4.79 Å². The molecule has 0 heterocycles. The third kappa shape index (κ3) is 5.04. The minimum absolute atomic E-state index is 0.0814. The minimum atomic E-state index is -0.826. The maximum absolute atomic E-state index is 12.0. The molecule has 0 spiro atoms. The Morgan fingerprint density at radius 2 is 1.67 bits per heavy atom. The fourth-order valence-electron chi connectivity index (χ4n) is 2.30. The number of hydrogen-bond acceptors (Lipinski definition) is 7. The van der Waals surface area contributed by atoms with Gasteiger partial charge in [0.15, 0.2) is 29.6 Å². The van der Waals surface area contributed by atoms with Crippen LogP contribution in [0.25, 0.3) is 0 Å². The van der Waals surface area contributed by atoms with E-state index in [0.717, 1.165) is 5.56 Å². The molecule has 144 valence electrons. The quantitative estimate of drug-likeness (QED) is 0.679. The number of aromatic hydroxyl groups is 1. The molecule has 27 heavy (non-hydrogen) atoms. The van der Waals surface area contributed by atoms with Crippen LogP contribution in [0, 0.1) is 0 Å². The molecule has 0 saturated heterocycles. The molecule has 2 aromatic carbocycles. The first-order valence-electron chi connectivity index (χ1n) is 8.00. The maximum atomic E-state index is 12.0. The Kier molecular flexibility index (Phi) is 6.87. The summed E-state index contributed by atoms with van der Waals surface area (Å²) in [6, 6.07) is 9.66. The van der Waals surface area contributed by atoms with Crippen LogP contribution >= 0.6 is 0 Å². The second-order valence-corrected chi connectivity index (χ2v) is 5.40. The first-order chi connectivity index (χ1) is 13.0. The number of rotatable bonds is 8. The zero-order valence-electron chi connectivity index (χ0n) is 15.3. The van der Waals surface area contributed by atoms with Gasteiger partial charge in [0.25, 0.3) is 5.91 Å². The van der Waals surface area contributed by atoms with E-state index in [2.05, 4.69) is 5.32 Å². The number of carbonyl (C=O) groups excluding carboxylic acids is 2. The van der Waals surface area contributed by atoms with Crippen molar-refractivity contribution in [2.45, 2.75) is 6.54 Å². The number of nitrogens with one attached hydrogen (secondary N) is 1. The normalized spacial score (nSPS) is 10.0. The number of amides is 1. The van der Waals surface area contributed by atoms with Crippen molar-refractivity contribution < 1.29 is 33.6 Å². The highest BCUT2D eigenvalue weighted by molar-refractivity contribution is 5.94. The third-order valence-electron chi connectivity index (χ3n) is 3.71. The predicted molar refractivity (Wildman–Crippen MR) is 96.3 cm³/mol. The number of carbonyl (C=O) groups is 2. The Morgan fingerprint density at radius 3 is 2.33 bits per heavy atom. The summed E-state index contributed by atoms with van der Waals surface area (Å²) in [5.74, 6) is -0.380. The van der Waals surface area contributed by atoms with Gasteiger partial charge in [-0.2, -0.15) is 0 Å². The van der Waals surface area contributed by atoms with Gasteiger partial charge in [-0.05, 0) is 29.8 Å². The van der Waals surface area contributed by atoms with Crippen LogP contribution in [0.4, 0.5) is 0 Å². The Labute approximate surface area is 156 Å². The van der Waals surface area contributed by atoms with Crippen LogP contribution in [0.5, 0.6) is 23.0 Å². The van der Waals surface area contributed by atoms with Gasteiger partial charge in [0.05, 0.1) is 21.3 Å². The fourth-order valence-corrected chi connectivity index (χ4v) is 2.30. The molecule has 0 atom stereocenters. The largest absolute Gasteiger partial charge is 0.504 e. The molecule has 0 fully saturated rings. The molecule has 1 amide bonds. The lowest BCUT2D eigenvalue weighted by Gasteiger charge is -2.11. The third-order valence-corrected chi connectivity index (χ3v) is 3.71. The molecule has 0 saturated carbocycles. The van der Waals surface area contributed by atoms with E-state index in [9.17, 15) is 14.7 Å². The Hall–Kier alpha value is -3.42. The van der Waals surface area contributed by atoms with Crippen LogP contribution in [0.15, 0.2) is 36.4 Å². The molecule has 0 aliphatic heterocycles. The van der Waals surface area contributed by atoms with E-state index in [1.165, 1.54) is 39.5 Å². The van der Waals surface area contributed by atoms with E-state index in [1.54, 1.807) is 18.2 Å². The molecule has 8 nitrogen and oxygen atoms in total. The Balaban J connectivity index is 1.89. The number of esters is 1. The number of methoxy groups -OCH3 is 3. The summed E-state index contributed by atoms with van der Waals surface area (Å²) in [6.45, 7) is -0.260. The van der Waals surface area contributed by atoms with E-state index in [1.807, 2.05) is 0 Å². The number of ether oxygens (including phenoxy) is 4. The molecule has 0 aromatic heterocycles. The van der Waals surface area contributed by atoms with Crippen molar-refractivity contribution in [3.63, 3.8) is 0 Å². The monoisotopic (exact) mass is 375 g/mol. The van der Waals surface area contributed by atoms with Crippen molar-refractivity contribution in [2.75, 3.05) is 27.9 Å². The number of hydrogen-bond donors (Lipinski definition) is 2. The maximum Gasteiger partial charge on any atom is 0.342 e. The summed E-state index contributed by atoms with van der Waals surface area (Å²) >= 11 is 0. The number of phenolic OH excluding ortho intramolecular Hbond substituents is 1. The van der Waals surface area contributed by atoms with Crippen LogP contribution in [0.3, 0.4) is 0 Å². The second kappa shape index (κ2) is 9.33. The van der Waals surface area contributed by atoms with Crippen molar-refractivity contribution in [3.05, 3.63) is 47.5 Å². The summed E-state index contributed by atoms with van der Waals surface area (Å²) < 4.78 is 20.2. The predicted octanol–water partition coefficient (Wildman–Crippen LogP) is 1.89. The van der Waals surface area contributed by atoms with Crippen LogP contribution in [0.2, 0.25) is 0 Å². The molecular weight excluding hydrogens is 354 g/mol. The van der Waals surface area contributed by atoms with Gasteiger partial charge in [-0.1, -0.05) is 12.1 Å². The van der Waals surface area contributed by atoms with Gasteiger partial charge in [-0.25, -0.2) is 4.79 Å². The molecule has 0 unspecified atom stereocenters. The number of benzene rings is 2. The topological polar surface area (TPSA) is 103 Å². The summed E-state index contributed by atoms with van der Waals surface area (Å²) in [5.41, 5.74) is 0.708. The van der Waals surface area contributed by atoms with Crippen molar-refractivity contribution in [1.29, 1.82) is 0 Å². The van der Waals surface area contributed by atoms with Gasteiger partial charge in [0.2, 0.25) is 0 Å². The van der Waals surface area contributed by atoms with Gasteiger partial charge in [0, 0.05) is 6.54 Å². The lowest BCUT2D eigenvalue weighted by Crippen LogP contribution is -2.28. The van der Waals surface area contributed by atoms with Gasteiger partial charge in [0.1, 0.15) is 5.56 Å². The molecule has 0 bridgehead atoms. The van der Waals surface area contributed by atoms with Crippen molar-refractivity contribution in [3.8, 4) is 23.0 Å². The minimum Gasteiger partial charge on any atom is -0.504 e. The van der Waals surface area contributed by atoms with E-state index >= 15 is 0 Å². The smallest absolute Gasteiger partial charge is 0.342 e. The SMILES string of the molecule is COc1ccc(CNC(=O)COC(=O)c2cccc(OC)c2O)cc1OC. The van der Waals surface area contributed by atoms with Crippen molar-refractivity contribution >= 4 is 11.9 Å². The molecule has 8 heteroatoms. The van der Waals surface area contributed by atoms with Crippen LogP contribution < -0.4 is 19.5 Å². The number of phenols is 1. The second-order valence-electron chi connectivity index (χ2n) is 5.40. The van der Waals surface area contributed by atoms with Crippen LogP contribution in [0.1, 0.15) is 15.9 Å². The molecule has 2 rings (SSSR count). The molecule has 0 aliphatic rings. The van der Waals surface area contributed by atoms with E-state index in [0.29, 0.717) is 11.5 Å². The lowest BCUT2D eigenvalue weighted by atomic mass is 10.2. The van der Waals surface area contributed by atoms with E-state index < -0.39 is 18.5 Å². The summed E-state index contributed by atoms with van der Waals surface area (Å²) in [5, 5.41) is 12.6. The first-order valence-corrected chi connectivity index (χ1v) is 8.00. The van der Waals surface area contributed by atoms with Gasteiger partial charge >= 0.3 is 5.97 Å². The standard InChI is InChI=1S/C19H21NO7/c1-24-14-8-7-12(9-16(14)26-3)10-20-17(21)11-27-19(23)13-5-4-6-15(25-2)18(13)22/h4-9,22H,10-11H2,1-3H3,(H,20,21). The van der Waals surface area contributed by atoms with Gasteiger partial charge < -0.3 is 29.4 Å². The van der Waals surface area contributed by atoms with Crippen molar-refractivity contribution in [1.82, 2.24) is 5.32 Å². The van der Waals surface area contributed by atoms with Crippen LogP contribution in [-0.4, -0.2) is 44.9 Å². The highest BCUT2D eigenvalue weighted by atomic mass is 16.5. The summed E-state index contributed by atoms with van der Waals surface area (Å²) in [6.07, 6.45) is 0. The molecule has 0 radical (unpaired) electrons. The van der Waals surface area contributed by atoms with E-state index in [4.69, 9.17) is 18.9 Å². The fraction of sp³-hybridized carbons (Fsp3) is 0.263. The molecular formula is C19H21NO7. The zero-order chi connectivity index (χ0) is 19.8. The van der Waals surface area contributed by atoms with E-state index in [-0.39, 0.29) is 23.6 Å². The Bertz CT molecular complexity index is 820. The summed E-state index contributed by atoms with van der Waals surface area (Å²) in [4.78, 5) is 23.9. The Morgan fingerprint density at radius 1 is 0.963 bits per heavy atom. The summed E-state index contributed by atoms with van der Waals surface area (Å²) in [7, 11) is 4.42. The van der Waals surface area contributed by atoms with Crippen LogP contribution in [-0.2, 0) is 16.1 Å². The first kappa shape index (κ1) is 19.9.